The molecule has 6 heteroatoms. The molecule has 2 aromatic carbocycles. The third-order valence-electron chi connectivity index (χ3n) is 3.72. The van der Waals surface area contributed by atoms with E-state index in [1.165, 1.54) is 0 Å². The Bertz CT molecular complexity index is 858. The van der Waals surface area contributed by atoms with Crippen LogP contribution in [0.25, 0.3) is 17.1 Å². The molecule has 0 bridgehead atoms. The fraction of sp³-hybridized carbons (Fsp3) is 0.222. The summed E-state index contributed by atoms with van der Waals surface area (Å²) < 4.78 is 1.96. The van der Waals surface area contributed by atoms with Gasteiger partial charge in [-0.2, -0.15) is 0 Å². The number of aromatic hydroxyl groups is 2. The van der Waals surface area contributed by atoms with Gasteiger partial charge < -0.3 is 15.5 Å². The van der Waals surface area contributed by atoms with Crippen molar-refractivity contribution < 1.29 is 10.2 Å². The molecule has 6 nitrogen and oxygen atoms in total. The number of aromatic nitrogens is 3. The molecule has 0 amide bonds. The van der Waals surface area contributed by atoms with E-state index in [2.05, 4.69) is 15.5 Å². The van der Waals surface area contributed by atoms with Crippen molar-refractivity contribution in [3.05, 3.63) is 48.3 Å². The highest BCUT2D eigenvalue weighted by atomic mass is 16.3. The Kier molecular flexibility index (Phi) is 4.37. The van der Waals surface area contributed by atoms with Crippen molar-refractivity contribution in [2.24, 2.45) is 0 Å². The van der Waals surface area contributed by atoms with E-state index in [9.17, 15) is 10.2 Å². The summed E-state index contributed by atoms with van der Waals surface area (Å²) in [6.45, 7) is 4.72. The summed E-state index contributed by atoms with van der Waals surface area (Å²) in [5.41, 5.74) is 2.51. The second-order valence-corrected chi connectivity index (χ2v) is 5.20. The van der Waals surface area contributed by atoms with Crippen LogP contribution >= 0.6 is 0 Å². The Morgan fingerprint density at radius 2 is 1.79 bits per heavy atom. The van der Waals surface area contributed by atoms with Gasteiger partial charge in [-0.25, -0.2) is 0 Å². The number of phenols is 2. The number of fused-ring (bicyclic) bond motifs is 3. The minimum absolute atomic E-state index is 0.188. The molecule has 1 aliphatic heterocycles. The predicted octanol–water partition coefficient (Wildman–Crippen LogP) is 3.34. The quantitative estimate of drug-likeness (QED) is 0.639. The molecule has 0 spiro atoms. The van der Waals surface area contributed by atoms with Gasteiger partial charge in [0, 0.05) is 24.6 Å². The highest BCUT2D eigenvalue weighted by Gasteiger charge is 2.20. The van der Waals surface area contributed by atoms with Crippen LogP contribution in [0.15, 0.2) is 42.5 Å². The highest BCUT2D eigenvalue weighted by Crippen LogP contribution is 2.32. The standard InChI is InChI=1S/C16H14N4O2.C2H6/c21-11-3-1-2-10(8-11)16-19-18-15-6-7-17-13-9-12(22)4-5-14(13)20(15)16;1-2/h1-5,8-9,17,21-22H,6-7H2;1-2H3. The number of phenolic OH excluding ortho intramolecular Hbond substituents is 2. The first kappa shape index (κ1) is 15.9. The normalized spacial score (nSPS) is 12.1. The lowest BCUT2D eigenvalue weighted by Crippen LogP contribution is -2.03. The molecule has 0 atom stereocenters. The lowest BCUT2D eigenvalue weighted by atomic mass is 10.2. The van der Waals surface area contributed by atoms with E-state index in [-0.39, 0.29) is 11.5 Å². The predicted molar refractivity (Wildman–Crippen MR) is 93.7 cm³/mol. The van der Waals surface area contributed by atoms with Crippen molar-refractivity contribution in [2.75, 3.05) is 11.9 Å². The molecule has 1 aromatic heterocycles. The maximum absolute atomic E-state index is 9.70. The molecular formula is C18H20N4O2. The van der Waals surface area contributed by atoms with Gasteiger partial charge in [0.05, 0.1) is 11.4 Å². The van der Waals surface area contributed by atoms with Crippen LogP contribution in [-0.2, 0) is 6.42 Å². The van der Waals surface area contributed by atoms with Gasteiger partial charge in [-0.05, 0) is 24.3 Å². The Labute approximate surface area is 140 Å². The van der Waals surface area contributed by atoms with E-state index < -0.39 is 0 Å². The van der Waals surface area contributed by atoms with Crippen molar-refractivity contribution in [3.63, 3.8) is 0 Å². The third kappa shape index (κ3) is 2.78. The zero-order valence-corrected chi connectivity index (χ0v) is 13.7. The number of nitrogens with one attached hydrogen (secondary N) is 1. The van der Waals surface area contributed by atoms with E-state index in [0.717, 1.165) is 29.2 Å². The van der Waals surface area contributed by atoms with Gasteiger partial charge in [0.25, 0.3) is 0 Å². The molecule has 1 aliphatic rings. The molecule has 0 radical (unpaired) electrons. The molecule has 2 heterocycles. The second kappa shape index (κ2) is 6.62. The van der Waals surface area contributed by atoms with E-state index in [4.69, 9.17) is 0 Å². The van der Waals surface area contributed by atoms with Crippen molar-refractivity contribution >= 4 is 5.69 Å². The average Bonchev–Trinajstić information content (AvgIpc) is 2.92. The summed E-state index contributed by atoms with van der Waals surface area (Å²) in [4.78, 5) is 0. The molecule has 0 saturated carbocycles. The summed E-state index contributed by atoms with van der Waals surface area (Å²) in [5, 5.41) is 31.2. The zero-order chi connectivity index (χ0) is 17.1. The summed E-state index contributed by atoms with van der Waals surface area (Å²) in [6, 6.07) is 12.1. The van der Waals surface area contributed by atoms with Gasteiger partial charge in [-0.1, -0.05) is 26.0 Å². The van der Waals surface area contributed by atoms with Gasteiger partial charge in [-0.3, -0.25) is 4.57 Å². The molecular weight excluding hydrogens is 304 g/mol. The van der Waals surface area contributed by atoms with E-state index in [0.29, 0.717) is 12.4 Å². The Balaban J connectivity index is 0.000000815. The maximum atomic E-state index is 9.70. The number of rotatable bonds is 1. The fourth-order valence-corrected chi connectivity index (χ4v) is 2.73. The highest BCUT2D eigenvalue weighted by molar-refractivity contribution is 5.69. The molecule has 3 N–H and O–H groups in total. The van der Waals surface area contributed by atoms with Crippen molar-refractivity contribution in [1.82, 2.24) is 14.8 Å². The number of nitrogens with zero attached hydrogens (tertiary/aromatic N) is 3. The Morgan fingerprint density at radius 1 is 1.00 bits per heavy atom. The summed E-state index contributed by atoms with van der Waals surface area (Å²) in [5.74, 6) is 1.91. The number of benzene rings is 2. The lowest BCUT2D eigenvalue weighted by molar-refractivity contribution is 0.475. The van der Waals surface area contributed by atoms with Crippen molar-refractivity contribution in [1.29, 1.82) is 0 Å². The van der Waals surface area contributed by atoms with Crippen LogP contribution in [0, 0.1) is 0 Å². The van der Waals surface area contributed by atoms with Gasteiger partial charge >= 0.3 is 0 Å². The van der Waals surface area contributed by atoms with Crippen LogP contribution in [0.1, 0.15) is 19.7 Å². The molecule has 0 aliphatic carbocycles. The van der Waals surface area contributed by atoms with Crippen LogP contribution < -0.4 is 5.32 Å². The topological polar surface area (TPSA) is 83.2 Å². The van der Waals surface area contributed by atoms with Crippen LogP contribution in [0.3, 0.4) is 0 Å². The minimum atomic E-state index is 0.188. The maximum Gasteiger partial charge on any atom is 0.168 e. The Hall–Kier alpha value is -3.02. The molecule has 124 valence electrons. The Morgan fingerprint density at radius 3 is 2.58 bits per heavy atom. The van der Waals surface area contributed by atoms with Gasteiger partial charge in [0.2, 0.25) is 0 Å². The zero-order valence-electron chi connectivity index (χ0n) is 13.7. The van der Waals surface area contributed by atoms with Crippen LogP contribution in [0.2, 0.25) is 0 Å². The van der Waals surface area contributed by atoms with E-state index in [1.54, 1.807) is 30.3 Å². The number of hydrogen-bond acceptors (Lipinski definition) is 5. The molecule has 4 rings (SSSR count). The second-order valence-electron chi connectivity index (χ2n) is 5.20. The molecule has 0 saturated heterocycles. The molecule has 0 fully saturated rings. The van der Waals surface area contributed by atoms with Crippen LogP contribution in [-0.4, -0.2) is 31.5 Å². The molecule has 0 unspecified atom stereocenters. The lowest BCUT2D eigenvalue weighted by Gasteiger charge is -2.12. The summed E-state index contributed by atoms with van der Waals surface area (Å²) in [7, 11) is 0. The molecule has 24 heavy (non-hydrogen) atoms. The van der Waals surface area contributed by atoms with Crippen LogP contribution in [0.4, 0.5) is 5.69 Å². The summed E-state index contributed by atoms with van der Waals surface area (Å²) in [6.07, 6.45) is 0.723. The average molecular weight is 324 g/mol. The van der Waals surface area contributed by atoms with E-state index >= 15 is 0 Å². The SMILES string of the molecule is CC.Oc1cccc(-c2nnc3n2-c2ccc(O)cc2NCC3)c1. The summed E-state index contributed by atoms with van der Waals surface area (Å²) >= 11 is 0. The smallest absolute Gasteiger partial charge is 0.168 e. The number of hydrogen-bond donors (Lipinski definition) is 3. The van der Waals surface area contributed by atoms with Crippen LogP contribution in [0.5, 0.6) is 11.5 Å². The monoisotopic (exact) mass is 324 g/mol. The largest absolute Gasteiger partial charge is 0.508 e. The third-order valence-corrected chi connectivity index (χ3v) is 3.72. The first-order valence-corrected chi connectivity index (χ1v) is 8.03. The minimum Gasteiger partial charge on any atom is -0.508 e. The fourth-order valence-electron chi connectivity index (χ4n) is 2.73. The van der Waals surface area contributed by atoms with Crippen molar-refractivity contribution in [3.8, 4) is 28.6 Å². The van der Waals surface area contributed by atoms with Gasteiger partial charge in [0.15, 0.2) is 5.82 Å². The van der Waals surface area contributed by atoms with Crippen molar-refractivity contribution in [2.45, 2.75) is 20.3 Å². The van der Waals surface area contributed by atoms with Gasteiger partial charge in [0.1, 0.15) is 17.3 Å². The first-order chi connectivity index (χ1) is 11.7. The molecule has 3 aromatic rings. The number of anilines is 1. The van der Waals surface area contributed by atoms with Gasteiger partial charge in [-0.15, -0.1) is 10.2 Å². The first-order valence-electron chi connectivity index (χ1n) is 8.03. The van der Waals surface area contributed by atoms with E-state index in [1.807, 2.05) is 30.5 Å².